The normalized spacial score (nSPS) is 24.0. The third-order valence-electron chi connectivity index (χ3n) is 5.66. The van der Waals surface area contributed by atoms with E-state index in [2.05, 4.69) is 30.0 Å². The third kappa shape index (κ3) is 2.74. The van der Waals surface area contributed by atoms with Crippen molar-refractivity contribution in [1.29, 1.82) is 15.8 Å². The zero-order valence-electron chi connectivity index (χ0n) is 15.4. The van der Waals surface area contributed by atoms with Gasteiger partial charge in [0.2, 0.25) is 0 Å². The van der Waals surface area contributed by atoms with Crippen LogP contribution in [0.5, 0.6) is 5.75 Å². The summed E-state index contributed by atoms with van der Waals surface area (Å²) in [4.78, 5) is 2.24. The minimum atomic E-state index is -1.58. The van der Waals surface area contributed by atoms with Crippen LogP contribution in [-0.4, -0.2) is 31.6 Å². The van der Waals surface area contributed by atoms with Crippen molar-refractivity contribution in [3.63, 3.8) is 0 Å². The van der Waals surface area contributed by atoms with E-state index in [-0.39, 0.29) is 17.2 Å². The Labute approximate surface area is 159 Å². The highest BCUT2D eigenvalue weighted by atomic mass is 16.5. The van der Waals surface area contributed by atoms with Crippen molar-refractivity contribution in [2.75, 3.05) is 26.7 Å². The highest BCUT2D eigenvalue weighted by molar-refractivity contribution is 5.59. The first-order chi connectivity index (χ1) is 13.1. The van der Waals surface area contributed by atoms with Gasteiger partial charge in [-0.2, -0.15) is 15.8 Å². The number of ether oxygens (including phenoxy) is 1. The number of benzene rings is 1. The van der Waals surface area contributed by atoms with Gasteiger partial charge >= 0.3 is 0 Å². The molecule has 0 amide bonds. The van der Waals surface area contributed by atoms with E-state index in [1.54, 1.807) is 7.11 Å². The summed E-state index contributed by atoms with van der Waals surface area (Å²) >= 11 is 0. The van der Waals surface area contributed by atoms with Crippen LogP contribution in [0.15, 0.2) is 47.2 Å². The lowest BCUT2D eigenvalue weighted by molar-refractivity contribution is 0.214. The minimum Gasteiger partial charge on any atom is -0.497 e. The van der Waals surface area contributed by atoms with Crippen LogP contribution >= 0.6 is 0 Å². The Morgan fingerprint density at radius 1 is 1.22 bits per heavy atom. The van der Waals surface area contributed by atoms with Gasteiger partial charge in [0.05, 0.1) is 30.5 Å². The van der Waals surface area contributed by atoms with Crippen molar-refractivity contribution in [3.05, 3.63) is 52.7 Å². The van der Waals surface area contributed by atoms with Gasteiger partial charge in [0, 0.05) is 24.9 Å². The fourth-order valence-corrected chi connectivity index (χ4v) is 4.19. The summed E-state index contributed by atoms with van der Waals surface area (Å²) in [6.45, 7) is 4.31. The molecule has 0 bridgehead atoms. The summed E-state index contributed by atoms with van der Waals surface area (Å²) in [5, 5.41) is 29.7. The first-order valence-electron chi connectivity index (χ1n) is 8.85. The average molecular weight is 359 g/mol. The number of fused-ring (bicyclic) bond motifs is 1. The topological polar surface area (TPSA) is 110 Å². The number of likely N-dealkylation sites (N-methyl/N-ethyl adjacent to an activating group) is 1. The minimum absolute atomic E-state index is 0.0586. The van der Waals surface area contributed by atoms with Gasteiger partial charge in [-0.3, -0.25) is 4.90 Å². The number of nitrogens with zero attached hydrogens (tertiary/aromatic N) is 4. The number of rotatable bonds is 3. The Morgan fingerprint density at radius 2 is 1.89 bits per heavy atom. The molecule has 0 aromatic heterocycles. The lowest BCUT2D eigenvalue weighted by Crippen LogP contribution is -2.48. The molecule has 1 aliphatic heterocycles. The van der Waals surface area contributed by atoms with Gasteiger partial charge in [-0.25, -0.2) is 0 Å². The standard InChI is InChI=1S/C21H21N5O/c1-3-26-9-8-16-17(10-22)20(25)21(12-23,13-24)19(18(16)11-26)14-4-6-15(27-2)7-5-14/h4-8,18-19H,3,9,11,25H2,1-2H3/t18-,19-/m1/s1. The van der Waals surface area contributed by atoms with E-state index in [9.17, 15) is 15.8 Å². The summed E-state index contributed by atoms with van der Waals surface area (Å²) in [7, 11) is 1.59. The largest absolute Gasteiger partial charge is 0.497 e. The third-order valence-corrected chi connectivity index (χ3v) is 5.66. The maximum Gasteiger partial charge on any atom is 0.191 e. The average Bonchev–Trinajstić information content (AvgIpc) is 2.73. The summed E-state index contributed by atoms with van der Waals surface area (Å²) in [5.74, 6) is 0.0781. The Balaban J connectivity index is 2.27. The van der Waals surface area contributed by atoms with Crippen molar-refractivity contribution in [2.45, 2.75) is 12.8 Å². The second kappa shape index (κ2) is 7.16. The molecule has 0 radical (unpaired) electrons. The van der Waals surface area contributed by atoms with Crippen molar-refractivity contribution in [3.8, 4) is 24.0 Å². The molecule has 1 aliphatic carbocycles. The summed E-state index contributed by atoms with van der Waals surface area (Å²) in [6.07, 6.45) is 2.01. The maximum absolute atomic E-state index is 10.0. The fraction of sp³-hybridized carbons (Fsp3) is 0.381. The summed E-state index contributed by atoms with van der Waals surface area (Å²) < 4.78 is 5.23. The van der Waals surface area contributed by atoms with Crippen LogP contribution in [0.4, 0.5) is 0 Å². The zero-order chi connectivity index (χ0) is 19.6. The lowest BCUT2D eigenvalue weighted by Gasteiger charge is -2.45. The van der Waals surface area contributed by atoms with Gasteiger partial charge in [0.1, 0.15) is 11.8 Å². The summed E-state index contributed by atoms with van der Waals surface area (Å²) in [6, 6.07) is 13.8. The number of hydrogen-bond acceptors (Lipinski definition) is 6. The smallest absolute Gasteiger partial charge is 0.191 e. The van der Waals surface area contributed by atoms with Gasteiger partial charge < -0.3 is 10.5 Å². The molecule has 0 fully saturated rings. The molecule has 0 saturated heterocycles. The van der Waals surface area contributed by atoms with Crippen LogP contribution < -0.4 is 10.5 Å². The van der Waals surface area contributed by atoms with Crippen LogP contribution in [0.2, 0.25) is 0 Å². The van der Waals surface area contributed by atoms with Crippen molar-refractivity contribution < 1.29 is 4.74 Å². The van der Waals surface area contributed by atoms with Crippen LogP contribution in [0.25, 0.3) is 0 Å². The first kappa shape index (κ1) is 18.5. The Kier molecular flexibility index (Phi) is 4.91. The van der Waals surface area contributed by atoms with Crippen LogP contribution in [0.3, 0.4) is 0 Å². The van der Waals surface area contributed by atoms with E-state index in [0.29, 0.717) is 12.3 Å². The van der Waals surface area contributed by atoms with Crippen molar-refractivity contribution in [2.24, 2.45) is 17.1 Å². The number of nitriles is 3. The molecular formula is C21H21N5O. The highest BCUT2D eigenvalue weighted by Gasteiger charge is 2.54. The van der Waals surface area contributed by atoms with E-state index in [4.69, 9.17) is 10.5 Å². The number of nitrogens with two attached hydrogens (primary N) is 1. The number of methoxy groups -OCH3 is 1. The Hall–Kier alpha value is -3.27. The molecule has 6 heteroatoms. The predicted octanol–water partition coefficient (Wildman–Crippen LogP) is 2.44. The monoisotopic (exact) mass is 359 g/mol. The molecule has 1 heterocycles. The number of hydrogen-bond donors (Lipinski definition) is 1. The van der Waals surface area contributed by atoms with E-state index in [1.807, 2.05) is 30.3 Å². The molecule has 1 aromatic carbocycles. The van der Waals surface area contributed by atoms with E-state index in [1.165, 1.54) is 0 Å². The predicted molar refractivity (Wildman–Crippen MR) is 99.9 cm³/mol. The lowest BCUT2D eigenvalue weighted by atomic mass is 9.58. The van der Waals surface area contributed by atoms with E-state index in [0.717, 1.165) is 24.2 Å². The molecular weight excluding hydrogens is 338 g/mol. The van der Waals surface area contributed by atoms with Gasteiger partial charge in [-0.15, -0.1) is 0 Å². The van der Waals surface area contributed by atoms with E-state index < -0.39 is 11.3 Å². The Morgan fingerprint density at radius 3 is 2.41 bits per heavy atom. The quantitative estimate of drug-likeness (QED) is 0.887. The second-order valence-corrected chi connectivity index (χ2v) is 6.80. The first-order valence-corrected chi connectivity index (χ1v) is 8.85. The number of allylic oxidation sites excluding steroid dienone is 2. The van der Waals surface area contributed by atoms with Crippen molar-refractivity contribution >= 4 is 0 Å². The van der Waals surface area contributed by atoms with Gasteiger partial charge in [-0.05, 0) is 29.8 Å². The molecule has 3 rings (SSSR count). The molecule has 0 spiro atoms. The highest BCUT2D eigenvalue weighted by Crippen LogP contribution is 2.54. The molecule has 27 heavy (non-hydrogen) atoms. The Bertz CT molecular complexity index is 909. The van der Waals surface area contributed by atoms with Crippen LogP contribution in [0.1, 0.15) is 18.4 Å². The van der Waals surface area contributed by atoms with Gasteiger partial charge in [-0.1, -0.05) is 25.1 Å². The van der Waals surface area contributed by atoms with Crippen LogP contribution in [-0.2, 0) is 0 Å². The maximum atomic E-state index is 10.0. The molecule has 1 aromatic rings. The molecule has 6 nitrogen and oxygen atoms in total. The van der Waals surface area contributed by atoms with Gasteiger partial charge in [0.25, 0.3) is 0 Å². The van der Waals surface area contributed by atoms with E-state index >= 15 is 0 Å². The molecule has 2 atom stereocenters. The summed E-state index contributed by atoms with van der Waals surface area (Å²) in [5.41, 5.74) is 6.72. The van der Waals surface area contributed by atoms with Crippen molar-refractivity contribution in [1.82, 2.24) is 4.90 Å². The molecule has 2 aliphatic rings. The van der Waals surface area contributed by atoms with Crippen LogP contribution in [0, 0.1) is 45.3 Å². The fourth-order valence-electron chi connectivity index (χ4n) is 4.19. The molecule has 2 N–H and O–H groups in total. The van der Waals surface area contributed by atoms with Gasteiger partial charge in [0.15, 0.2) is 5.41 Å². The molecule has 0 saturated carbocycles. The second-order valence-electron chi connectivity index (χ2n) is 6.80. The SMILES string of the molecule is CCN1CC=C2C(C#N)=C(N)C(C#N)(C#N)[C@H](c3ccc(OC)cc3)[C@@H]2C1. The molecule has 0 unspecified atom stereocenters. The molecule has 136 valence electrons. The zero-order valence-corrected chi connectivity index (χ0v) is 15.4.